The van der Waals surface area contributed by atoms with Crippen LogP contribution in [0.3, 0.4) is 0 Å². The van der Waals surface area contributed by atoms with E-state index in [1.165, 1.54) is 17.7 Å². The number of halogens is 1. The first-order valence-corrected chi connectivity index (χ1v) is 7.63. The number of hydrogen-bond acceptors (Lipinski definition) is 1. The highest BCUT2D eigenvalue weighted by Gasteiger charge is 2.06. The number of benzene rings is 1. The lowest BCUT2D eigenvalue weighted by molar-refractivity contribution is 0.541. The molecule has 0 aliphatic carbocycles. The van der Waals surface area contributed by atoms with Crippen LogP contribution in [0.15, 0.2) is 47.1 Å². The molecule has 0 fully saturated rings. The molecule has 0 bridgehead atoms. The molecule has 1 aromatic heterocycles. The highest BCUT2D eigenvalue weighted by atomic mass is 79.9. The molecule has 1 aromatic carbocycles. The van der Waals surface area contributed by atoms with Crippen LogP contribution in [0.25, 0.3) is 0 Å². The standard InChI is InChI=1S/C16H21BrN2/c1-3-9-19-10-5-8-16(19)12-18-13(2)14-6-4-7-15(17)11-14/h4-8,10-11,13,18H,3,9,12H2,1-2H3/t13-/m0/s1. The normalized spacial score (nSPS) is 12.6. The minimum atomic E-state index is 0.350. The van der Waals surface area contributed by atoms with Crippen LogP contribution in [0, 0.1) is 0 Å². The van der Waals surface area contributed by atoms with E-state index in [1.807, 2.05) is 0 Å². The Hall–Kier alpha value is -1.06. The van der Waals surface area contributed by atoms with E-state index in [4.69, 9.17) is 0 Å². The van der Waals surface area contributed by atoms with Gasteiger partial charge in [0.2, 0.25) is 0 Å². The second-order valence-corrected chi connectivity index (χ2v) is 5.77. The number of aromatic nitrogens is 1. The Balaban J connectivity index is 1.96. The average molecular weight is 321 g/mol. The van der Waals surface area contributed by atoms with Crippen molar-refractivity contribution in [3.63, 3.8) is 0 Å². The average Bonchev–Trinajstić information content (AvgIpc) is 2.84. The molecule has 19 heavy (non-hydrogen) atoms. The van der Waals surface area contributed by atoms with Gasteiger partial charge in [-0.2, -0.15) is 0 Å². The van der Waals surface area contributed by atoms with Gasteiger partial charge in [0, 0.05) is 35.5 Å². The van der Waals surface area contributed by atoms with E-state index in [0.29, 0.717) is 6.04 Å². The minimum Gasteiger partial charge on any atom is -0.350 e. The number of nitrogens with one attached hydrogen (secondary N) is 1. The summed E-state index contributed by atoms with van der Waals surface area (Å²) in [5.74, 6) is 0. The molecule has 2 rings (SSSR count). The van der Waals surface area contributed by atoms with Crippen LogP contribution in [-0.2, 0) is 13.1 Å². The molecule has 0 saturated heterocycles. The first-order chi connectivity index (χ1) is 9.20. The third-order valence-corrected chi connectivity index (χ3v) is 3.82. The van der Waals surface area contributed by atoms with Gasteiger partial charge in [-0.25, -0.2) is 0 Å². The molecular formula is C16H21BrN2. The summed E-state index contributed by atoms with van der Waals surface area (Å²) in [6, 6.07) is 13.1. The fourth-order valence-electron chi connectivity index (χ4n) is 2.22. The molecule has 1 atom stereocenters. The third-order valence-electron chi connectivity index (χ3n) is 3.33. The summed E-state index contributed by atoms with van der Waals surface area (Å²) in [5.41, 5.74) is 2.66. The Morgan fingerprint density at radius 2 is 2.11 bits per heavy atom. The summed E-state index contributed by atoms with van der Waals surface area (Å²) in [7, 11) is 0. The summed E-state index contributed by atoms with van der Waals surface area (Å²) in [5, 5.41) is 3.59. The Kier molecular flexibility index (Phi) is 5.23. The van der Waals surface area contributed by atoms with Gasteiger partial charge in [-0.15, -0.1) is 0 Å². The van der Waals surface area contributed by atoms with Crippen LogP contribution < -0.4 is 5.32 Å². The molecule has 0 amide bonds. The van der Waals surface area contributed by atoms with E-state index in [9.17, 15) is 0 Å². The summed E-state index contributed by atoms with van der Waals surface area (Å²) in [6.07, 6.45) is 3.33. The Labute approximate surface area is 124 Å². The van der Waals surface area contributed by atoms with Gasteiger partial charge in [0.1, 0.15) is 0 Å². The molecule has 2 aromatic rings. The summed E-state index contributed by atoms with van der Waals surface area (Å²) >= 11 is 3.52. The lowest BCUT2D eigenvalue weighted by atomic mass is 10.1. The first kappa shape index (κ1) is 14.4. The molecule has 1 N–H and O–H groups in total. The maximum atomic E-state index is 3.59. The van der Waals surface area contributed by atoms with Crippen molar-refractivity contribution in [1.82, 2.24) is 9.88 Å². The maximum absolute atomic E-state index is 3.59. The highest BCUT2D eigenvalue weighted by Crippen LogP contribution is 2.18. The topological polar surface area (TPSA) is 17.0 Å². The van der Waals surface area contributed by atoms with Crippen molar-refractivity contribution in [2.45, 2.75) is 39.4 Å². The molecular weight excluding hydrogens is 300 g/mol. The largest absolute Gasteiger partial charge is 0.350 e. The van der Waals surface area contributed by atoms with E-state index in [-0.39, 0.29) is 0 Å². The van der Waals surface area contributed by atoms with Crippen molar-refractivity contribution >= 4 is 15.9 Å². The van der Waals surface area contributed by atoms with Crippen molar-refractivity contribution in [1.29, 1.82) is 0 Å². The van der Waals surface area contributed by atoms with E-state index in [1.54, 1.807) is 0 Å². The molecule has 102 valence electrons. The van der Waals surface area contributed by atoms with Crippen LogP contribution in [0.5, 0.6) is 0 Å². The Morgan fingerprint density at radius 3 is 2.84 bits per heavy atom. The smallest absolute Gasteiger partial charge is 0.0364 e. The monoisotopic (exact) mass is 320 g/mol. The van der Waals surface area contributed by atoms with Gasteiger partial charge in [0.25, 0.3) is 0 Å². The Morgan fingerprint density at radius 1 is 1.26 bits per heavy atom. The van der Waals surface area contributed by atoms with Crippen LogP contribution in [0.2, 0.25) is 0 Å². The van der Waals surface area contributed by atoms with Crippen LogP contribution in [0.1, 0.15) is 37.6 Å². The van der Waals surface area contributed by atoms with Gasteiger partial charge < -0.3 is 9.88 Å². The minimum absolute atomic E-state index is 0.350. The summed E-state index contributed by atoms with van der Waals surface area (Å²) in [6.45, 7) is 6.41. The van der Waals surface area contributed by atoms with Crippen molar-refractivity contribution in [3.05, 3.63) is 58.3 Å². The molecule has 1 heterocycles. The van der Waals surface area contributed by atoms with Crippen molar-refractivity contribution in [2.75, 3.05) is 0 Å². The maximum Gasteiger partial charge on any atom is 0.0364 e. The predicted octanol–water partition coefficient (Wildman–Crippen LogP) is 4.51. The molecule has 0 saturated carbocycles. The summed E-state index contributed by atoms with van der Waals surface area (Å²) < 4.78 is 3.45. The zero-order chi connectivity index (χ0) is 13.7. The van der Waals surface area contributed by atoms with Gasteiger partial charge in [-0.05, 0) is 43.2 Å². The SMILES string of the molecule is CCCn1cccc1CN[C@@H](C)c1cccc(Br)c1. The number of rotatable bonds is 6. The van der Waals surface area contributed by atoms with E-state index in [2.05, 4.69) is 82.3 Å². The van der Waals surface area contributed by atoms with E-state index >= 15 is 0 Å². The molecule has 3 heteroatoms. The highest BCUT2D eigenvalue weighted by molar-refractivity contribution is 9.10. The second kappa shape index (κ2) is 6.92. The van der Waals surface area contributed by atoms with E-state index < -0.39 is 0 Å². The molecule has 0 aliphatic rings. The Bertz CT molecular complexity index is 519. The summed E-state index contributed by atoms with van der Waals surface area (Å²) in [4.78, 5) is 0. The van der Waals surface area contributed by atoms with Gasteiger partial charge in [0.15, 0.2) is 0 Å². The zero-order valence-electron chi connectivity index (χ0n) is 11.6. The molecule has 0 radical (unpaired) electrons. The number of hydrogen-bond donors (Lipinski definition) is 1. The van der Waals surface area contributed by atoms with Crippen LogP contribution >= 0.6 is 15.9 Å². The third kappa shape index (κ3) is 3.95. The first-order valence-electron chi connectivity index (χ1n) is 6.83. The van der Waals surface area contributed by atoms with Gasteiger partial charge in [-0.3, -0.25) is 0 Å². The van der Waals surface area contributed by atoms with Crippen molar-refractivity contribution in [3.8, 4) is 0 Å². The lowest BCUT2D eigenvalue weighted by Gasteiger charge is -2.16. The lowest BCUT2D eigenvalue weighted by Crippen LogP contribution is -2.20. The molecule has 0 unspecified atom stereocenters. The van der Waals surface area contributed by atoms with Crippen LogP contribution in [-0.4, -0.2) is 4.57 Å². The quantitative estimate of drug-likeness (QED) is 0.828. The van der Waals surface area contributed by atoms with Gasteiger partial charge in [0.05, 0.1) is 0 Å². The van der Waals surface area contributed by atoms with E-state index in [0.717, 1.165) is 17.6 Å². The fraction of sp³-hybridized carbons (Fsp3) is 0.375. The van der Waals surface area contributed by atoms with Gasteiger partial charge >= 0.3 is 0 Å². The van der Waals surface area contributed by atoms with Gasteiger partial charge in [-0.1, -0.05) is 35.0 Å². The predicted molar refractivity (Wildman–Crippen MR) is 84.1 cm³/mol. The van der Waals surface area contributed by atoms with Crippen molar-refractivity contribution < 1.29 is 0 Å². The molecule has 2 nitrogen and oxygen atoms in total. The molecule has 0 aliphatic heterocycles. The number of nitrogens with zero attached hydrogens (tertiary/aromatic N) is 1. The fourth-order valence-corrected chi connectivity index (χ4v) is 2.64. The number of aryl methyl sites for hydroxylation is 1. The van der Waals surface area contributed by atoms with Crippen LogP contribution in [0.4, 0.5) is 0 Å². The second-order valence-electron chi connectivity index (χ2n) is 4.85. The molecule has 0 spiro atoms. The van der Waals surface area contributed by atoms with Crippen molar-refractivity contribution in [2.24, 2.45) is 0 Å². The zero-order valence-corrected chi connectivity index (χ0v) is 13.2.